The molecule has 1 amide bonds. The zero-order valence-electron chi connectivity index (χ0n) is 10.7. The van der Waals surface area contributed by atoms with Crippen LogP contribution in [0.1, 0.15) is 30.8 Å². The SMILES string of the molecule is CC1(C)CCN(C(=O)Cn2cccc2C(=O)O)C1. The number of aromatic carboxylic acids is 1. The number of carbonyl (C=O) groups is 2. The maximum Gasteiger partial charge on any atom is 0.352 e. The highest BCUT2D eigenvalue weighted by Gasteiger charge is 2.32. The quantitative estimate of drug-likeness (QED) is 0.883. The summed E-state index contributed by atoms with van der Waals surface area (Å²) in [5.74, 6) is -1.02. The third kappa shape index (κ3) is 2.55. The van der Waals surface area contributed by atoms with Gasteiger partial charge < -0.3 is 14.6 Å². The fourth-order valence-electron chi connectivity index (χ4n) is 2.32. The number of nitrogens with zero attached hydrogens (tertiary/aromatic N) is 2. The number of aromatic nitrogens is 1. The van der Waals surface area contributed by atoms with Crippen LogP contribution >= 0.6 is 0 Å². The van der Waals surface area contributed by atoms with Crippen molar-refractivity contribution in [1.29, 1.82) is 0 Å². The van der Waals surface area contributed by atoms with Crippen LogP contribution in [0.25, 0.3) is 0 Å². The fraction of sp³-hybridized carbons (Fsp3) is 0.538. The highest BCUT2D eigenvalue weighted by molar-refractivity contribution is 5.87. The standard InChI is InChI=1S/C13H18N2O3/c1-13(2)5-7-15(9-13)11(16)8-14-6-3-4-10(14)12(17)18/h3-4,6H,5,7-9H2,1-2H3,(H,17,18). The largest absolute Gasteiger partial charge is 0.477 e. The molecule has 0 aliphatic carbocycles. The summed E-state index contributed by atoms with van der Waals surface area (Å²) in [5, 5.41) is 8.97. The molecule has 0 atom stereocenters. The lowest BCUT2D eigenvalue weighted by Crippen LogP contribution is -2.33. The average Bonchev–Trinajstić information content (AvgIpc) is 2.84. The zero-order valence-corrected chi connectivity index (χ0v) is 10.7. The van der Waals surface area contributed by atoms with E-state index >= 15 is 0 Å². The molecule has 2 rings (SSSR count). The summed E-state index contributed by atoms with van der Waals surface area (Å²) in [7, 11) is 0. The average molecular weight is 250 g/mol. The molecule has 18 heavy (non-hydrogen) atoms. The van der Waals surface area contributed by atoms with E-state index in [0.717, 1.165) is 19.5 Å². The van der Waals surface area contributed by atoms with Gasteiger partial charge in [0.15, 0.2) is 0 Å². The summed E-state index contributed by atoms with van der Waals surface area (Å²) in [5.41, 5.74) is 0.323. The third-order valence-corrected chi connectivity index (χ3v) is 3.38. The van der Waals surface area contributed by atoms with Crippen molar-refractivity contribution in [2.24, 2.45) is 5.41 Å². The van der Waals surface area contributed by atoms with Gasteiger partial charge in [0.1, 0.15) is 12.2 Å². The van der Waals surface area contributed by atoms with E-state index in [0.29, 0.717) is 0 Å². The lowest BCUT2D eigenvalue weighted by Gasteiger charge is -2.20. The van der Waals surface area contributed by atoms with Crippen LogP contribution in [-0.2, 0) is 11.3 Å². The van der Waals surface area contributed by atoms with Crippen molar-refractivity contribution in [3.8, 4) is 0 Å². The smallest absolute Gasteiger partial charge is 0.352 e. The molecule has 2 heterocycles. The Hall–Kier alpha value is -1.78. The second kappa shape index (κ2) is 4.48. The normalized spacial score (nSPS) is 18.0. The Bertz CT molecular complexity index is 476. The van der Waals surface area contributed by atoms with Gasteiger partial charge in [-0.3, -0.25) is 4.79 Å². The topological polar surface area (TPSA) is 62.5 Å². The first-order chi connectivity index (χ1) is 8.39. The van der Waals surface area contributed by atoms with Gasteiger partial charge in [0.2, 0.25) is 5.91 Å². The summed E-state index contributed by atoms with van der Waals surface area (Å²) in [6.45, 7) is 5.88. The number of amides is 1. The van der Waals surface area contributed by atoms with Crippen molar-refractivity contribution in [1.82, 2.24) is 9.47 Å². The molecule has 1 saturated heterocycles. The molecule has 0 radical (unpaired) electrons. The van der Waals surface area contributed by atoms with Gasteiger partial charge in [0.25, 0.3) is 0 Å². The summed E-state index contributed by atoms with van der Waals surface area (Å²) in [4.78, 5) is 24.8. The van der Waals surface area contributed by atoms with E-state index in [9.17, 15) is 9.59 Å². The molecule has 0 aromatic carbocycles. The van der Waals surface area contributed by atoms with Crippen LogP contribution in [0.2, 0.25) is 0 Å². The summed E-state index contributed by atoms with van der Waals surface area (Å²) in [6, 6.07) is 3.15. The van der Waals surface area contributed by atoms with Gasteiger partial charge in [0.05, 0.1) is 0 Å². The van der Waals surface area contributed by atoms with E-state index in [-0.39, 0.29) is 23.6 Å². The van der Waals surface area contributed by atoms with Crippen molar-refractivity contribution in [3.63, 3.8) is 0 Å². The Kier molecular flexibility index (Phi) is 3.15. The van der Waals surface area contributed by atoms with Gasteiger partial charge >= 0.3 is 5.97 Å². The van der Waals surface area contributed by atoms with E-state index in [1.807, 2.05) is 4.90 Å². The lowest BCUT2D eigenvalue weighted by atomic mass is 9.93. The van der Waals surface area contributed by atoms with Crippen molar-refractivity contribution >= 4 is 11.9 Å². The Morgan fingerprint density at radius 3 is 2.72 bits per heavy atom. The van der Waals surface area contributed by atoms with E-state index in [4.69, 9.17) is 5.11 Å². The summed E-state index contributed by atoms with van der Waals surface area (Å²) >= 11 is 0. The van der Waals surface area contributed by atoms with Gasteiger partial charge in [0, 0.05) is 19.3 Å². The van der Waals surface area contributed by atoms with Crippen LogP contribution in [-0.4, -0.2) is 39.5 Å². The maximum absolute atomic E-state index is 12.1. The first kappa shape index (κ1) is 12.7. The van der Waals surface area contributed by atoms with Crippen LogP contribution in [0.15, 0.2) is 18.3 Å². The minimum absolute atomic E-state index is 0.0146. The molecule has 0 bridgehead atoms. The van der Waals surface area contributed by atoms with Gasteiger partial charge in [-0.25, -0.2) is 4.79 Å². The van der Waals surface area contributed by atoms with Gasteiger partial charge in [-0.2, -0.15) is 0 Å². The molecule has 0 saturated carbocycles. The molecule has 5 heteroatoms. The van der Waals surface area contributed by atoms with Crippen LogP contribution in [0.4, 0.5) is 0 Å². The molecule has 1 aliphatic rings. The number of carbonyl (C=O) groups excluding carboxylic acids is 1. The second-order valence-electron chi connectivity index (χ2n) is 5.56. The highest BCUT2D eigenvalue weighted by Crippen LogP contribution is 2.28. The number of likely N-dealkylation sites (tertiary alicyclic amines) is 1. The Morgan fingerprint density at radius 2 is 2.17 bits per heavy atom. The lowest BCUT2D eigenvalue weighted by molar-refractivity contribution is -0.131. The Morgan fingerprint density at radius 1 is 1.44 bits per heavy atom. The number of carboxylic acid groups (broad SMARTS) is 1. The van der Waals surface area contributed by atoms with Crippen LogP contribution in [0.5, 0.6) is 0 Å². The van der Waals surface area contributed by atoms with E-state index in [2.05, 4.69) is 13.8 Å². The number of carboxylic acids is 1. The van der Waals surface area contributed by atoms with Crippen molar-refractivity contribution in [2.75, 3.05) is 13.1 Å². The molecule has 1 fully saturated rings. The molecule has 1 aromatic heterocycles. The molecule has 1 N–H and O–H groups in total. The van der Waals surface area contributed by atoms with Crippen LogP contribution < -0.4 is 0 Å². The van der Waals surface area contributed by atoms with Crippen molar-refractivity contribution < 1.29 is 14.7 Å². The van der Waals surface area contributed by atoms with Gasteiger partial charge in [-0.15, -0.1) is 0 Å². The molecule has 5 nitrogen and oxygen atoms in total. The number of rotatable bonds is 3. The number of hydrogen-bond acceptors (Lipinski definition) is 2. The molecule has 0 unspecified atom stereocenters. The summed E-state index contributed by atoms with van der Waals surface area (Å²) < 4.78 is 1.48. The predicted molar refractivity (Wildman–Crippen MR) is 66.4 cm³/mol. The summed E-state index contributed by atoms with van der Waals surface area (Å²) in [6.07, 6.45) is 2.62. The maximum atomic E-state index is 12.1. The first-order valence-corrected chi connectivity index (χ1v) is 6.05. The number of hydrogen-bond donors (Lipinski definition) is 1. The molecule has 98 valence electrons. The van der Waals surface area contributed by atoms with E-state index in [1.54, 1.807) is 12.3 Å². The van der Waals surface area contributed by atoms with Crippen molar-refractivity contribution in [2.45, 2.75) is 26.8 Å². The van der Waals surface area contributed by atoms with Crippen LogP contribution in [0.3, 0.4) is 0 Å². The van der Waals surface area contributed by atoms with E-state index in [1.165, 1.54) is 10.6 Å². The monoisotopic (exact) mass is 250 g/mol. The van der Waals surface area contributed by atoms with E-state index < -0.39 is 5.97 Å². The highest BCUT2D eigenvalue weighted by atomic mass is 16.4. The molecule has 0 spiro atoms. The first-order valence-electron chi connectivity index (χ1n) is 6.05. The molecule has 1 aliphatic heterocycles. The second-order valence-corrected chi connectivity index (χ2v) is 5.56. The Balaban J connectivity index is 2.04. The van der Waals surface area contributed by atoms with Gasteiger partial charge in [-0.05, 0) is 24.0 Å². The van der Waals surface area contributed by atoms with Crippen LogP contribution in [0, 0.1) is 5.41 Å². The fourth-order valence-corrected chi connectivity index (χ4v) is 2.32. The minimum atomic E-state index is -1.01. The third-order valence-electron chi connectivity index (χ3n) is 3.38. The Labute approximate surface area is 106 Å². The molecular formula is C13H18N2O3. The van der Waals surface area contributed by atoms with Gasteiger partial charge in [-0.1, -0.05) is 13.8 Å². The predicted octanol–water partition coefficient (Wildman–Crippen LogP) is 1.44. The minimum Gasteiger partial charge on any atom is -0.477 e. The molecule has 1 aromatic rings. The molecular weight excluding hydrogens is 232 g/mol. The zero-order chi connectivity index (χ0) is 13.3. The van der Waals surface area contributed by atoms with Crippen molar-refractivity contribution in [3.05, 3.63) is 24.0 Å².